The van der Waals surface area contributed by atoms with Crippen molar-refractivity contribution in [3.8, 4) is 0 Å². The van der Waals surface area contributed by atoms with Gasteiger partial charge in [0.15, 0.2) is 5.13 Å². The average molecular weight is 569 g/mol. The second-order valence-electron chi connectivity index (χ2n) is 8.91. The highest BCUT2D eigenvalue weighted by Crippen LogP contribution is 2.31. The number of hydrogen-bond acceptors (Lipinski definition) is 6. The first kappa shape index (κ1) is 29.4. The lowest BCUT2D eigenvalue weighted by Gasteiger charge is -2.25. The number of benzene rings is 2. The van der Waals surface area contributed by atoms with Gasteiger partial charge in [0.05, 0.1) is 9.60 Å². The minimum Gasteiger partial charge on any atom is -0.302 e. The third kappa shape index (κ3) is 6.67. The van der Waals surface area contributed by atoms with Crippen LogP contribution in [-0.4, -0.2) is 67.8 Å². The van der Waals surface area contributed by atoms with Crippen molar-refractivity contribution >= 4 is 55.0 Å². The van der Waals surface area contributed by atoms with Gasteiger partial charge in [-0.15, -0.1) is 12.4 Å². The number of fused-ring (bicyclic) bond motifs is 1. The van der Waals surface area contributed by atoms with E-state index in [1.165, 1.54) is 29.5 Å². The highest BCUT2D eigenvalue weighted by molar-refractivity contribution is 7.89. The second-order valence-corrected chi connectivity index (χ2v) is 11.9. The number of carbonyl (C=O) groups excluding carboxylic acids is 1. The van der Waals surface area contributed by atoms with E-state index in [1.54, 1.807) is 33.5 Å². The molecule has 0 spiro atoms. The largest absolute Gasteiger partial charge is 0.302 e. The summed E-state index contributed by atoms with van der Waals surface area (Å²) in [7, 11) is -3.60. The normalized spacial score (nSPS) is 14.9. The number of likely N-dealkylation sites (N-methyl/N-ethyl adjacent to an activating group) is 1. The SMILES string of the molecule is CCN(CC)CCN(C(=O)c1ccc(S(=O)(=O)N2CCCCCC2)cc1)c1nc2c(F)cccc2s1.Cl. The van der Waals surface area contributed by atoms with Crippen molar-refractivity contribution in [3.05, 3.63) is 53.8 Å². The summed E-state index contributed by atoms with van der Waals surface area (Å²) in [4.78, 5) is 22.0. The van der Waals surface area contributed by atoms with Crippen LogP contribution in [0.1, 0.15) is 49.9 Å². The van der Waals surface area contributed by atoms with Crippen LogP contribution in [0.5, 0.6) is 0 Å². The highest BCUT2D eigenvalue weighted by Gasteiger charge is 2.27. The molecule has 1 amide bonds. The van der Waals surface area contributed by atoms with Gasteiger partial charge in [-0.2, -0.15) is 4.31 Å². The van der Waals surface area contributed by atoms with Gasteiger partial charge in [-0.1, -0.05) is 44.1 Å². The molecule has 0 unspecified atom stereocenters. The Morgan fingerprint density at radius 1 is 1.00 bits per heavy atom. The molecule has 11 heteroatoms. The third-order valence-electron chi connectivity index (χ3n) is 6.67. The van der Waals surface area contributed by atoms with Crippen LogP contribution in [0.15, 0.2) is 47.4 Å². The molecular weight excluding hydrogens is 535 g/mol. The Labute approximate surface area is 228 Å². The van der Waals surface area contributed by atoms with Crippen molar-refractivity contribution in [2.75, 3.05) is 44.2 Å². The van der Waals surface area contributed by atoms with Crippen molar-refractivity contribution in [3.63, 3.8) is 0 Å². The van der Waals surface area contributed by atoms with Gasteiger partial charge in [0, 0.05) is 31.7 Å². The van der Waals surface area contributed by atoms with Gasteiger partial charge in [-0.05, 0) is 62.3 Å². The van der Waals surface area contributed by atoms with Gasteiger partial charge >= 0.3 is 0 Å². The summed E-state index contributed by atoms with van der Waals surface area (Å²) in [6.07, 6.45) is 3.80. The number of aromatic nitrogens is 1. The number of thiazole rings is 1. The zero-order chi connectivity index (χ0) is 25.7. The van der Waals surface area contributed by atoms with Crippen LogP contribution < -0.4 is 4.90 Å². The van der Waals surface area contributed by atoms with Gasteiger partial charge in [-0.25, -0.2) is 17.8 Å². The van der Waals surface area contributed by atoms with E-state index in [0.29, 0.717) is 41.6 Å². The molecule has 7 nitrogen and oxygen atoms in total. The molecule has 0 atom stereocenters. The first-order chi connectivity index (χ1) is 17.3. The summed E-state index contributed by atoms with van der Waals surface area (Å²) in [6.45, 7) is 7.88. The average Bonchev–Trinajstić information content (AvgIpc) is 3.12. The maximum absolute atomic E-state index is 14.3. The molecular formula is C26H34ClFN4O3S2. The maximum Gasteiger partial charge on any atom is 0.260 e. The minimum atomic E-state index is -3.60. The molecule has 1 aliphatic rings. The summed E-state index contributed by atoms with van der Waals surface area (Å²) in [5.41, 5.74) is 0.612. The van der Waals surface area contributed by atoms with E-state index in [-0.39, 0.29) is 28.7 Å². The molecule has 2 heterocycles. The molecule has 0 aliphatic carbocycles. The Bertz CT molecular complexity index is 1290. The molecule has 4 rings (SSSR count). The molecule has 3 aromatic rings. The molecule has 0 N–H and O–H groups in total. The number of rotatable bonds is 9. The number of halogens is 2. The lowest BCUT2D eigenvalue weighted by Crippen LogP contribution is -2.39. The van der Waals surface area contributed by atoms with Crippen LogP contribution in [-0.2, 0) is 10.0 Å². The number of nitrogens with zero attached hydrogens (tertiary/aromatic N) is 4. The zero-order valence-corrected chi connectivity index (χ0v) is 23.7. The lowest BCUT2D eigenvalue weighted by atomic mass is 10.2. The van der Waals surface area contributed by atoms with Gasteiger partial charge < -0.3 is 4.90 Å². The van der Waals surface area contributed by atoms with Crippen LogP contribution in [0.25, 0.3) is 10.2 Å². The van der Waals surface area contributed by atoms with E-state index in [1.807, 2.05) is 0 Å². The maximum atomic E-state index is 14.3. The van der Waals surface area contributed by atoms with Crippen LogP contribution in [0, 0.1) is 5.82 Å². The lowest BCUT2D eigenvalue weighted by molar-refractivity contribution is 0.0983. The smallest absolute Gasteiger partial charge is 0.260 e. The Morgan fingerprint density at radius 3 is 2.24 bits per heavy atom. The second kappa shape index (κ2) is 13.1. The van der Waals surface area contributed by atoms with E-state index < -0.39 is 15.8 Å². The van der Waals surface area contributed by atoms with Gasteiger partial charge in [0.2, 0.25) is 10.0 Å². The number of para-hydroxylation sites is 1. The van der Waals surface area contributed by atoms with Gasteiger partial charge in [-0.3, -0.25) is 9.69 Å². The number of hydrogen-bond donors (Lipinski definition) is 0. The van der Waals surface area contributed by atoms with Crippen molar-refractivity contribution in [2.24, 2.45) is 0 Å². The molecule has 1 saturated heterocycles. The van der Waals surface area contributed by atoms with Crippen molar-refractivity contribution in [1.82, 2.24) is 14.2 Å². The summed E-state index contributed by atoms with van der Waals surface area (Å²) < 4.78 is 42.8. The van der Waals surface area contributed by atoms with Crippen LogP contribution in [0.4, 0.5) is 9.52 Å². The molecule has 0 saturated carbocycles. The molecule has 2 aromatic carbocycles. The molecule has 0 bridgehead atoms. The summed E-state index contributed by atoms with van der Waals surface area (Å²) in [5, 5.41) is 0.425. The topological polar surface area (TPSA) is 73.8 Å². The molecule has 1 aromatic heterocycles. The first-order valence-corrected chi connectivity index (χ1v) is 14.8. The summed E-state index contributed by atoms with van der Waals surface area (Å²) in [5.74, 6) is -0.713. The molecule has 0 radical (unpaired) electrons. The predicted octanol–water partition coefficient (Wildman–Crippen LogP) is 5.41. The highest BCUT2D eigenvalue weighted by atomic mass is 35.5. The number of carbonyl (C=O) groups is 1. The summed E-state index contributed by atoms with van der Waals surface area (Å²) >= 11 is 1.27. The van der Waals surface area contributed by atoms with E-state index in [0.717, 1.165) is 38.8 Å². The Kier molecular flexibility index (Phi) is 10.4. The molecule has 202 valence electrons. The number of sulfonamides is 1. The fourth-order valence-corrected chi connectivity index (χ4v) is 6.96. The van der Waals surface area contributed by atoms with E-state index >= 15 is 0 Å². The molecule has 37 heavy (non-hydrogen) atoms. The zero-order valence-electron chi connectivity index (χ0n) is 21.2. The standard InChI is InChI=1S/C26H33FN4O3S2.ClH/c1-3-29(4-2)18-19-31(26-28-24-22(27)10-9-11-23(24)35-26)25(32)20-12-14-21(15-13-20)36(33,34)30-16-7-5-6-8-17-30;/h9-15H,3-8,16-19H2,1-2H3;1H. The molecule has 1 fully saturated rings. The van der Waals surface area contributed by atoms with Gasteiger partial charge in [0.1, 0.15) is 11.3 Å². The van der Waals surface area contributed by atoms with Crippen LogP contribution in [0.2, 0.25) is 0 Å². The Hall–Kier alpha value is -2.11. The molecule has 1 aliphatic heterocycles. The Balaban J connectivity index is 0.00000380. The van der Waals surface area contributed by atoms with Crippen molar-refractivity contribution in [1.29, 1.82) is 0 Å². The monoisotopic (exact) mass is 568 g/mol. The quantitative estimate of drug-likeness (QED) is 0.345. The fourth-order valence-electron chi connectivity index (χ4n) is 4.44. The van der Waals surface area contributed by atoms with E-state index in [4.69, 9.17) is 0 Å². The van der Waals surface area contributed by atoms with Crippen molar-refractivity contribution in [2.45, 2.75) is 44.4 Å². The van der Waals surface area contributed by atoms with E-state index in [9.17, 15) is 17.6 Å². The third-order valence-corrected chi connectivity index (χ3v) is 9.63. The van der Waals surface area contributed by atoms with Crippen LogP contribution >= 0.6 is 23.7 Å². The fraction of sp³-hybridized carbons (Fsp3) is 0.462. The number of amides is 1. The minimum absolute atomic E-state index is 0. The summed E-state index contributed by atoms with van der Waals surface area (Å²) in [6, 6.07) is 10.9. The van der Waals surface area contributed by atoms with Crippen LogP contribution in [0.3, 0.4) is 0 Å². The first-order valence-electron chi connectivity index (χ1n) is 12.5. The van der Waals surface area contributed by atoms with Gasteiger partial charge in [0.25, 0.3) is 5.91 Å². The predicted molar refractivity (Wildman–Crippen MR) is 150 cm³/mol. The Morgan fingerprint density at radius 2 is 1.65 bits per heavy atom. The number of anilines is 1. The van der Waals surface area contributed by atoms with Crippen molar-refractivity contribution < 1.29 is 17.6 Å². The van der Waals surface area contributed by atoms with E-state index in [2.05, 4.69) is 23.7 Å².